The second kappa shape index (κ2) is 5.03. The summed E-state index contributed by atoms with van der Waals surface area (Å²) in [7, 11) is 2.11. The van der Waals surface area contributed by atoms with E-state index in [-0.39, 0.29) is 6.04 Å². The normalized spacial score (nSPS) is 13.8. The Kier molecular flexibility index (Phi) is 3.23. The molecule has 2 N–H and O–H groups in total. The van der Waals surface area contributed by atoms with Gasteiger partial charge in [0.25, 0.3) is 0 Å². The van der Waals surface area contributed by atoms with Crippen LogP contribution in [0.5, 0.6) is 11.5 Å². The van der Waals surface area contributed by atoms with Crippen molar-refractivity contribution in [2.24, 2.45) is 5.73 Å². The summed E-state index contributed by atoms with van der Waals surface area (Å²) in [6.45, 7) is 1.51. The molecule has 0 spiro atoms. The number of para-hydroxylation sites is 2. The summed E-state index contributed by atoms with van der Waals surface area (Å²) in [6, 6.07) is 16.6. The topological polar surface area (TPSA) is 38.5 Å². The van der Waals surface area contributed by atoms with Crippen LogP contribution in [0.15, 0.2) is 48.5 Å². The van der Waals surface area contributed by atoms with Crippen LogP contribution >= 0.6 is 0 Å². The Balaban J connectivity index is 2.11. The Morgan fingerprint density at radius 3 is 2.05 bits per heavy atom. The monoisotopic (exact) mass is 254 g/mol. The SMILES string of the molecule is CN(CCN)C1c2ccccc2Oc2ccccc21. The molecule has 0 atom stereocenters. The second-order valence-electron chi connectivity index (χ2n) is 4.85. The van der Waals surface area contributed by atoms with E-state index in [0.717, 1.165) is 18.0 Å². The number of rotatable bonds is 3. The van der Waals surface area contributed by atoms with Crippen molar-refractivity contribution in [1.29, 1.82) is 0 Å². The number of hydrogen-bond acceptors (Lipinski definition) is 3. The molecule has 0 saturated carbocycles. The maximum atomic E-state index is 5.98. The fourth-order valence-electron chi connectivity index (χ4n) is 2.69. The Morgan fingerprint density at radius 2 is 1.53 bits per heavy atom. The molecule has 1 aliphatic rings. The minimum atomic E-state index is 0.213. The van der Waals surface area contributed by atoms with E-state index < -0.39 is 0 Å². The highest BCUT2D eigenvalue weighted by Crippen LogP contribution is 2.44. The highest BCUT2D eigenvalue weighted by atomic mass is 16.5. The van der Waals surface area contributed by atoms with Gasteiger partial charge >= 0.3 is 0 Å². The van der Waals surface area contributed by atoms with Gasteiger partial charge in [-0.2, -0.15) is 0 Å². The van der Waals surface area contributed by atoms with E-state index in [1.54, 1.807) is 0 Å². The van der Waals surface area contributed by atoms with Gasteiger partial charge in [-0.15, -0.1) is 0 Å². The van der Waals surface area contributed by atoms with Gasteiger partial charge in [0.05, 0.1) is 6.04 Å². The number of likely N-dealkylation sites (N-methyl/N-ethyl adjacent to an activating group) is 1. The van der Waals surface area contributed by atoms with Gasteiger partial charge in [-0.25, -0.2) is 0 Å². The van der Waals surface area contributed by atoms with Crippen LogP contribution in [0.25, 0.3) is 0 Å². The summed E-state index contributed by atoms with van der Waals surface area (Å²) >= 11 is 0. The molecule has 0 bridgehead atoms. The lowest BCUT2D eigenvalue weighted by Crippen LogP contribution is -2.32. The first-order valence-electron chi connectivity index (χ1n) is 6.57. The molecule has 2 aromatic carbocycles. The molecule has 0 saturated heterocycles. The molecule has 0 fully saturated rings. The van der Waals surface area contributed by atoms with Gasteiger partial charge in [0.1, 0.15) is 11.5 Å². The van der Waals surface area contributed by atoms with E-state index in [1.165, 1.54) is 11.1 Å². The van der Waals surface area contributed by atoms with Crippen molar-refractivity contribution < 1.29 is 4.74 Å². The van der Waals surface area contributed by atoms with E-state index in [1.807, 2.05) is 24.3 Å². The Morgan fingerprint density at radius 1 is 1.00 bits per heavy atom. The van der Waals surface area contributed by atoms with E-state index in [0.29, 0.717) is 6.54 Å². The smallest absolute Gasteiger partial charge is 0.132 e. The zero-order chi connectivity index (χ0) is 13.2. The number of ether oxygens (including phenoxy) is 1. The van der Waals surface area contributed by atoms with E-state index >= 15 is 0 Å². The second-order valence-corrected chi connectivity index (χ2v) is 4.85. The lowest BCUT2D eigenvalue weighted by atomic mass is 9.93. The number of hydrogen-bond donors (Lipinski definition) is 1. The van der Waals surface area contributed by atoms with Gasteiger partial charge in [0.2, 0.25) is 0 Å². The van der Waals surface area contributed by atoms with Crippen LogP contribution in [-0.2, 0) is 0 Å². The minimum Gasteiger partial charge on any atom is -0.457 e. The van der Waals surface area contributed by atoms with Crippen LogP contribution in [0.4, 0.5) is 0 Å². The molecule has 98 valence electrons. The average molecular weight is 254 g/mol. The first-order valence-corrected chi connectivity index (χ1v) is 6.57. The first kappa shape index (κ1) is 12.2. The summed E-state index contributed by atoms with van der Waals surface area (Å²) in [5.41, 5.74) is 8.11. The third-order valence-electron chi connectivity index (χ3n) is 3.57. The van der Waals surface area contributed by atoms with Crippen molar-refractivity contribution in [1.82, 2.24) is 4.90 Å². The maximum absolute atomic E-state index is 5.98. The molecule has 1 heterocycles. The van der Waals surface area contributed by atoms with E-state index in [2.05, 4.69) is 36.2 Å². The predicted octanol–water partition coefficient (Wildman–Crippen LogP) is 2.77. The molecule has 0 aliphatic carbocycles. The number of nitrogens with zero attached hydrogens (tertiary/aromatic N) is 1. The van der Waals surface area contributed by atoms with Crippen LogP contribution in [0.3, 0.4) is 0 Å². The van der Waals surface area contributed by atoms with Crippen LogP contribution in [0, 0.1) is 0 Å². The molecule has 19 heavy (non-hydrogen) atoms. The molecule has 0 radical (unpaired) electrons. The van der Waals surface area contributed by atoms with Crippen molar-refractivity contribution in [3.8, 4) is 11.5 Å². The van der Waals surface area contributed by atoms with Crippen molar-refractivity contribution >= 4 is 0 Å². The van der Waals surface area contributed by atoms with Crippen molar-refractivity contribution in [2.75, 3.05) is 20.1 Å². The van der Waals surface area contributed by atoms with E-state index in [9.17, 15) is 0 Å². The predicted molar refractivity (Wildman–Crippen MR) is 76.5 cm³/mol. The molecular weight excluding hydrogens is 236 g/mol. The van der Waals surface area contributed by atoms with Gasteiger partial charge < -0.3 is 10.5 Å². The Labute approximate surface area is 113 Å². The maximum Gasteiger partial charge on any atom is 0.132 e. The Hall–Kier alpha value is -1.84. The quantitative estimate of drug-likeness (QED) is 0.915. The Bertz CT molecular complexity index is 537. The highest BCUT2D eigenvalue weighted by Gasteiger charge is 2.29. The molecule has 3 heteroatoms. The lowest BCUT2D eigenvalue weighted by molar-refractivity contribution is 0.266. The summed E-state index contributed by atoms with van der Waals surface area (Å²) in [5.74, 6) is 1.88. The summed E-state index contributed by atoms with van der Waals surface area (Å²) in [5, 5.41) is 0. The van der Waals surface area contributed by atoms with Gasteiger partial charge in [-0.05, 0) is 19.2 Å². The molecule has 0 aromatic heterocycles. The zero-order valence-electron chi connectivity index (χ0n) is 11.0. The molecular formula is C16H18N2O. The van der Waals surface area contributed by atoms with Crippen LogP contribution in [0.2, 0.25) is 0 Å². The van der Waals surface area contributed by atoms with Crippen LogP contribution in [0.1, 0.15) is 17.2 Å². The van der Waals surface area contributed by atoms with E-state index in [4.69, 9.17) is 10.5 Å². The highest BCUT2D eigenvalue weighted by molar-refractivity contribution is 5.52. The zero-order valence-corrected chi connectivity index (χ0v) is 11.0. The summed E-state index contributed by atoms with van der Waals surface area (Å²) in [4.78, 5) is 2.28. The molecule has 0 amide bonds. The number of fused-ring (bicyclic) bond motifs is 2. The third-order valence-corrected chi connectivity index (χ3v) is 3.57. The van der Waals surface area contributed by atoms with Crippen molar-refractivity contribution in [3.05, 3.63) is 59.7 Å². The van der Waals surface area contributed by atoms with Gasteiger partial charge in [0, 0.05) is 24.2 Å². The number of benzene rings is 2. The van der Waals surface area contributed by atoms with Gasteiger partial charge in [-0.3, -0.25) is 4.90 Å². The molecule has 3 rings (SSSR count). The molecule has 2 aromatic rings. The van der Waals surface area contributed by atoms with Gasteiger partial charge in [-0.1, -0.05) is 36.4 Å². The molecule has 0 unspecified atom stereocenters. The third kappa shape index (κ3) is 2.11. The lowest BCUT2D eigenvalue weighted by Gasteiger charge is -2.34. The first-order chi connectivity index (χ1) is 9.31. The van der Waals surface area contributed by atoms with Crippen molar-refractivity contribution in [3.63, 3.8) is 0 Å². The largest absolute Gasteiger partial charge is 0.457 e. The fourth-order valence-corrected chi connectivity index (χ4v) is 2.69. The minimum absolute atomic E-state index is 0.213. The van der Waals surface area contributed by atoms with Gasteiger partial charge in [0.15, 0.2) is 0 Å². The van der Waals surface area contributed by atoms with Crippen LogP contribution < -0.4 is 10.5 Å². The van der Waals surface area contributed by atoms with Crippen molar-refractivity contribution in [2.45, 2.75) is 6.04 Å². The number of nitrogens with two attached hydrogens (primary N) is 1. The fraction of sp³-hybridized carbons (Fsp3) is 0.250. The van der Waals surface area contributed by atoms with Crippen LogP contribution in [-0.4, -0.2) is 25.0 Å². The average Bonchev–Trinajstić information content (AvgIpc) is 2.44. The molecule has 1 aliphatic heterocycles. The summed E-state index contributed by atoms with van der Waals surface area (Å²) in [6.07, 6.45) is 0. The summed E-state index contributed by atoms with van der Waals surface area (Å²) < 4.78 is 5.98. The molecule has 3 nitrogen and oxygen atoms in total. The standard InChI is InChI=1S/C16H18N2O/c1-18(11-10-17)16-12-6-2-4-8-14(12)19-15-9-5-3-7-13(15)16/h2-9,16H,10-11,17H2,1H3.